The van der Waals surface area contributed by atoms with Crippen LogP contribution < -0.4 is 4.68 Å². The highest BCUT2D eigenvalue weighted by atomic mass is 79.9. The average Bonchev–Trinajstić information content (AvgIpc) is 2.30. The van der Waals surface area contributed by atoms with Crippen molar-refractivity contribution in [1.29, 1.82) is 0 Å². The Bertz CT molecular complexity index is 306. The van der Waals surface area contributed by atoms with Gasteiger partial charge in [-0.1, -0.05) is 0 Å². The quantitative estimate of drug-likeness (QED) is 0.758. The Morgan fingerprint density at radius 2 is 2.33 bits per heavy atom. The molecule has 0 aromatic carbocycles. The molecule has 0 saturated heterocycles. The van der Waals surface area contributed by atoms with E-state index in [1.54, 1.807) is 4.68 Å². The van der Waals surface area contributed by atoms with E-state index >= 15 is 0 Å². The van der Waals surface area contributed by atoms with Crippen LogP contribution in [0.4, 0.5) is 0 Å². The predicted molar refractivity (Wildman–Crippen MR) is 46.0 cm³/mol. The fourth-order valence-electron chi connectivity index (χ4n) is 0.906. The minimum absolute atomic E-state index is 0.215. The van der Waals surface area contributed by atoms with Gasteiger partial charge in [0.1, 0.15) is 0 Å². The number of rotatable bonds is 2. The molecule has 0 amide bonds. The first-order valence-corrected chi connectivity index (χ1v) is 4.35. The highest BCUT2D eigenvalue weighted by molar-refractivity contribution is 9.10. The summed E-state index contributed by atoms with van der Waals surface area (Å²) in [6, 6.07) is 0.215. The SMILES string of the molecule is CC(C)[n+]1[nH]cc(C(=O)O)c1Br. The van der Waals surface area contributed by atoms with E-state index in [1.807, 2.05) is 13.8 Å². The normalized spacial score (nSPS) is 10.7. The van der Waals surface area contributed by atoms with Crippen molar-refractivity contribution in [3.8, 4) is 0 Å². The smallest absolute Gasteiger partial charge is 0.344 e. The van der Waals surface area contributed by atoms with E-state index in [0.717, 1.165) is 0 Å². The van der Waals surface area contributed by atoms with Crippen molar-refractivity contribution in [3.05, 3.63) is 16.4 Å². The second-order valence-corrected chi connectivity index (χ2v) is 3.50. The van der Waals surface area contributed by atoms with Gasteiger partial charge in [0, 0.05) is 15.9 Å². The number of H-pyrrole nitrogens is 1. The van der Waals surface area contributed by atoms with Crippen LogP contribution in [0.2, 0.25) is 0 Å². The highest BCUT2D eigenvalue weighted by Crippen LogP contribution is 2.12. The molecular weight excluding hydrogens is 224 g/mol. The Morgan fingerprint density at radius 1 is 1.75 bits per heavy atom. The van der Waals surface area contributed by atoms with Gasteiger partial charge in [0.2, 0.25) is 0 Å². The molecule has 2 N–H and O–H groups in total. The summed E-state index contributed by atoms with van der Waals surface area (Å²) in [5.74, 6) is -0.933. The van der Waals surface area contributed by atoms with E-state index in [0.29, 0.717) is 4.60 Å². The van der Waals surface area contributed by atoms with Crippen LogP contribution in [-0.4, -0.2) is 16.2 Å². The largest absolute Gasteiger partial charge is 0.477 e. The third-order valence-corrected chi connectivity index (χ3v) is 2.34. The van der Waals surface area contributed by atoms with Gasteiger partial charge in [-0.25, -0.2) is 4.79 Å². The second-order valence-electron chi connectivity index (χ2n) is 2.75. The maximum Gasteiger partial charge on any atom is 0.344 e. The van der Waals surface area contributed by atoms with Crippen molar-refractivity contribution in [2.75, 3.05) is 0 Å². The van der Waals surface area contributed by atoms with Crippen LogP contribution in [-0.2, 0) is 0 Å². The monoisotopic (exact) mass is 233 g/mol. The minimum atomic E-state index is -0.933. The number of aromatic nitrogens is 2. The van der Waals surface area contributed by atoms with Crippen LogP contribution in [0.25, 0.3) is 0 Å². The van der Waals surface area contributed by atoms with Gasteiger partial charge >= 0.3 is 5.97 Å². The van der Waals surface area contributed by atoms with Crippen molar-refractivity contribution < 1.29 is 14.6 Å². The maximum absolute atomic E-state index is 10.6. The molecule has 1 aromatic heterocycles. The molecule has 66 valence electrons. The number of nitrogens with one attached hydrogen (secondary N) is 1. The van der Waals surface area contributed by atoms with Crippen molar-refractivity contribution in [2.24, 2.45) is 0 Å². The Hall–Kier alpha value is -0.840. The number of carbonyl (C=O) groups is 1. The molecule has 0 unspecified atom stereocenters. The third kappa shape index (κ3) is 1.50. The Labute approximate surface area is 78.3 Å². The average molecular weight is 234 g/mol. The van der Waals surface area contributed by atoms with E-state index in [9.17, 15) is 4.79 Å². The molecule has 5 heteroatoms. The van der Waals surface area contributed by atoms with Gasteiger partial charge in [-0.3, -0.25) is 0 Å². The number of aromatic carboxylic acids is 1. The van der Waals surface area contributed by atoms with Crippen LogP contribution in [0.5, 0.6) is 0 Å². The number of nitrogens with zero attached hydrogens (tertiary/aromatic N) is 1. The van der Waals surface area contributed by atoms with Gasteiger partial charge in [-0.2, -0.15) is 5.10 Å². The van der Waals surface area contributed by atoms with Crippen LogP contribution in [0.15, 0.2) is 10.8 Å². The first kappa shape index (κ1) is 9.25. The molecule has 1 heterocycles. The fourth-order valence-corrected chi connectivity index (χ4v) is 1.70. The van der Waals surface area contributed by atoms with Gasteiger partial charge in [0.05, 0.1) is 6.20 Å². The molecule has 0 radical (unpaired) electrons. The van der Waals surface area contributed by atoms with Crippen molar-refractivity contribution in [2.45, 2.75) is 19.9 Å². The first-order valence-electron chi connectivity index (χ1n) is 3.55. The molecule has 12 heavy (non-hydrogen) atoms. The Balaban J connectivity index is 3.13. The molecule has 0 atom stereocenters. The molecule has 0 aliphatic carbocycles. The predicted octanol–water partition coefficient (Wildman–Crippen LogP) is 1.34. The molecule has 0 aliphatic heterocycles. The lowest BCUT2D eigenvalue weighted by atomic mass is 10.3. The molecular formula is C7H10BrN2O2+. The summed E-state index contributed by atoms with van der Waals surface area (Å²) in [5.41, 5.74) is 0.253. The fraction of sp³-hybridized carbons (Fsp3) is 0.429. The molecule has 0 fully saturated rings. The van der Waals surface area contributed by atoms with Crippen LogP contribution >= 0.6 is 15.9 Å². The lowest BCUT2D eigenvalue weighted by Gasteiger charge is -1.94. The molecule has 0 aliphatic rings. The molecule has 0 bridgehead atoms. The topological polar surface area (TPSA) is 57.0 Å². The summed E-state index contributed by atoms with van der Waals surface area (Å²) < 4.78 is 2.31. The van der Waals surface area contributed by atoms with Gasteiger partial charge in [0.15, 0.2) is 11.6 Å². The summed E-state index contributed by atoms with van der Waals surface area (Å²) in [6.45, 7) is 3.93. The van der Waals surface area contributed by atoms with E-state index in [-0.39, 0.29) is 11.6 Å². The number of hydrogen-bond donors (Lipinski definition) is 2. The lowest BCUT2D eigenvalue weighted by Crippen LogP contribution is -2.39. The van der Waals surface area contributed by atoms with Crippen LogP contribution in [0, 0.1) is 0 Å². The highest BCUT2D eigenvalue weighted by Gasteiger charge is 2.23. The van der Waals surface area contributed by atoms with Gasteiger partial charge < -0.3 is 5.11 Å². The lowest BCUT2D eigenvalue weighted by molar-refractivity contribution is -0.777. The third-order valence-electron chi connectivity index (χ3n) is 1.53. The van der Waals surface area contributed by atoms with Crippen molar-refractivity contribution in [1.82, 2.24) is 5.10 Å². The first-order chi connectivity index (χ1) is 5.54. The molecule has 1 aromatic rings. The summed E-state index contributed by atoms with van der Waals surface area (Å²) in [4.78, 5) is 10.6. The molecule has 0 saturated carbocycles. The molecule has 4 nitrogen and oxygen atoms in total. The van der Waals surface area contributed by atoms with Crippen molar-refractivity contribution >= 4 is 21.9 Å². The second kappa shape index (κ2) is 3.26. The summed E-state index contributed by atoms with van der Waals surface area (Å²) >= 11 is 3.20. The standard InChI is InChI=1S/C7H9BrN2O2/c1-4(2)10-6(8)5(3-9-10)7(11)12/h3-4H,1-2H3,(H,11,12)/p+1. The zero-order valence-electron chi connectivity index (χ0n) is 6.84. The van der Waals surface area contributed by atoms with Gasteiger partial charge in [-0.15, -0.1) is 4.68 Å². The van der Waals surface area contributed by atoms with E-state index < -0.39 is 5.97 Å². The Morgan fingerprint density at radius 3 is 2.58 bits per heavy atom. The van der Waals surface area contributed by atoms with Gasteiger partial charge in [-0.05, 0) is 13.8 Å². The number of carboxylic acids is 1. The van der Waals surface area contributed by atoms with E-state index in [4.69, 9.17) is 5.11 Å². The summed E-state index contributed by atoms with van der Waals surface area (Å²) in [6.07, 6.45) is 1.46. The Kier molecular flexibility index (Phi) is 2.52. The van der Waals surface area contributed by atoms with Crippen LogP contribution in [0.1, 0.15) is 30.2 Å². The van der Waals surface area contributed by atoms with Crippen molar-refractivity contribution in [3.63, 3.8) is 0 Å². The zero-order valence-corrected chi connectivity index (χ0v) is 8.42. The number of aromatic amines is 1. The van der Waals surface area contributed by atoms with E-state index in [1.165, 1.54) is 6.20 Å². The number of halogens is 1. The van der Waals surface area contributed by atoms with Crippen LogP contribution in [0.3, 0.4) is 0 Å². The zero-order chi connectivity index (χ0) is 9.30. The summed E-state index contributed by atoms with van der Waals surface area (Å²) in [7, 11) is 0. The maximum atomic E-state index is 10.6. The summed E-state index contributed by atoms with van der Waals surface area (Å²) in [5, 5.41) is 11.5. The molecule has 0 spiro atoms. The number of hydrogen-bond acceptors (Lipinski definition) is 1. The van der Waals surface area contributed by atoms with Gasteiger partial charge in [0.25, 0.3) is 4.60 Å². The molecule has 1 rings (SSSR count). The number of carboxylic acid groups (broad SMARTS) is 1. The van der Waals surface area contributed by atoms with E-state index in [2.05, 4.69) is 21.0 Å². The minimum Gasteiger partial charge on any atom is -0.477 e.